The molecule has 2 N–H and O–H groups in total. The first-order chi connectivity index (χ1) is 9.70. The van der Waals surface area contributed by atoms with Gasteiger partial charge in [-0.3, -0.25) is 4.72 Å². The number of rotatable bonds is 4. The number of furan rings is 1. The van der Waals surface area contributed by atoms with Gasteiger partial charge in [0, 0.05) is 6.07 Å². The molecule has 0 fully saturated rings. The second-order valence-corrected chi connectivity index (χ2v) is 6.68. The summed E-state index contributed by atoms with van der Waals surface area (Å²) in [6.45, 7) is 3.15. The molecule has 2 rings (SSSR count). The Bertz CT molecular complexity index is 813. The number of aromatic nitrogens is 1. The Morgan fingerprint density at radius 3 is 2.57 bits per heavy atom. The van der Waals surface area contributed by atoms with Gasteiger partial charge in [-0.2, -0.15) is 0 Å². The van der Waals surface area contributed by atoms with Crippen LogP contribution in [0.25, 0.3) is 0 Å². The third kappa shape index (κ3) is 3.24. The number of carboxylic acids is 1. The van der Waals surface area contributed by atoms with Crippen LogP contribution in [0.3, 0.4) is 0 Å². The van der Waals surface area contributed by atoms with Crippen LogP contribution in [0, 0.1) is 13.8 Å². The lowest BCUT2D eigenvalue weighted by Crippen LogP contribution is -2.13. The predicted octanol–water partition coefficient (Wildman–Crippen LogP) is 2.55. The van der Waals surface area contributed by atoms with Crippen molar-refractivity contribution in [1.82, 2.24) is 4.98 Å². The van der Waals surface area contributed by atoms with Crippen LogP contribution in [-0.2, 0) is 10.0 Å². The molecule has 2 aromatic rings. The zero-order valence-electron chi connectivity index (χ0n) is 11.0. The first kappa shape index (κ1) is 15.5. The van der Waals surface area contributed by atoms with E-state index in [4.69, 9.17) is 9.52 Å². The summed E-state index contributed by atoms with van der Waals surface area (Å²) in [5.41, 5.74) is 1.03. The highest BCUT2D eigenvalue weighted by Crippen LogP contribution is 2.24. The summed E-state index contributed by atoms with van der Waals surface area (Å²) >= 11 is 3.22. The summed E-state index contributed by atoms with van der Waals surface area (Å²) in [5.74, 6) is -1.76. The van der Waals surface area contributed by atoms with Crippen molar-refractivity contribution in [1.29, 1.82) is 0 Å². The van der Waals surface area contributed by atoms with Crippen molar-refractivity contribution < 1.29 is 22.7 Å². The van der Waals surface area contributed by atoms with E-state index in [1.807, 2.05) is 0 Å². The van der Waals surface area contributed by atoms with Crippen LogP contribution in [0.5, 0.6) is 0 Å². The maximum Gasteiger partial charge on any atom is 0.371 e. The van der Waals surface area contributed by atoms with E-state index in [0.717, 1.165) is 11.6 Å². The van der Waals surface area contributed by atoms with Crippen molar-refractivity contribution in [2.24, 2.45) is 0 Å². The van der Waals surface area contributed by atoms with E-state index in [9.17, 15) is 13.2 Å². The van der Waals surface area contributed by atoms with Crippen LogP contribution in [0.4, 0.5) is 5.69 Å². The van der Waals surface area contributed by atoms with Gasteiger partial charge in [-0.15, -0.1) is 0 Å². The molecular formula is C12H11BrN2O5S. The van der Waals surface area contributed by atoms with Crippen molar-refractivity contribution >= 4 is 37.6 Å². The Morgan fingerprint density at radius 2 is 2.05 bits per heavy atom. The number of nitrogens with zero attached hydrogens (tertiary/aromatic N) is 1. The quantitative estimate of drug-likeness (QED) is 0.795. The monoisotopic (exact) mass is 374 g/mol. The predicted molar refractivity (Wildman–Crippen MR) is 77.9 cm³/mol. The highest BCUT2D eigenvalue weighted by molar-refractivity contribution is 9.10. The van der Waals surface area contributed by atoms with Gasteiger partial charge in [0.05, 0.1) is 11.9 Å². The standard InChI is InChI=1S/C12H11BrN2O5S/c1-6-3-8(5-14-11(6)13)15-21(18,19)10-4-9(12(16)17)20-7(10)2/h3-5,15H,1-2H3,(H,16,17). The molecule has 0 spiro atoms. The van der Waals surface area contributed by atoms with E-state index in [0.29, 0.717) is 4.60 Å². The van der Waals surface area contributed by atoms with Gasteiger partial charge in [-0.1, -0.05) is 0 Å². The molecule has 9 heteroatoms. The fourth-order valence-corrected chi connectivity index (χ4v) is 3.09. The summed E-state index contributed by atoms with van der Waals surface area (Å²) in [4.78, 5) is 14.6. The number of halogens is 1. The number of pyridine rings is 1. The highest BCUT2D eigenvalue weighted by atomic mass is 79.9. The molecule has 0 aliphatic heterocycles. The summed E-state index contributed by atoms with van der Waals surface area (Å²) in [6, 6.07) is 2.57. The fourth-order valence-electron chi connectivity index (χ4n) is 1.66. The Balaban J connectivity index is 2.38. The Morgan fingerprint density at radius 1 is 1.38 bits per heavy atom. The maximum absolute atomic E-state index is 12.3. The summed E-state index contributed by atoms with van der Waals surface area (Å²) in [5, 5.41) is 8.82. The topological polar surface area (TPSA) is 110 Å². The van der Waals surface area contributed by atoms with Crippen LogP contribution < -0.4 is 4.72 Å². The summed E-state index contributed by atoms with van der Waals surface area (Å²) < 4.78 is 32.3. The van der Waals surface area contributed by atoms with Crippen LogP contribution in [0.15, 0.2) is 32.2 Å². The molecule has 0 aliphatic carbocycles. The molecule has 0 amide bonds. The number of nitrogens with one attached hydrogen (secondary N) is 1. The third-order valence-electron chi connectivity index (χ3n) is 2.64. The molecule has 0 saturated carbocycles. The number of anilines is 1. The zero-order chi connectivity index (χ0) is 15.8. The molecule has 2 heterocycles. The molecular weight excluding hydrogens is 364 g/mol. The van der Waals surface area contributed by atoms with Gasteiger partial charge in [-0.05, 0) is 41.4 Å². The normalized spacial score (nSPS) is 11.4. The highest BCUT2D eigenvalue weighted by Gasteiger charge is 2.24. The van der Waals surface area contributed by atoms with Crippen LogP contribution >= 0.6 is 15.9 Å². The summed E-state index contributed by atoms with van der Waals surface area (Å²) in [7, 11) is -3.95. The van der Waals surface area contributed by atoms with E-state index in [1.165, 1.54) is 13.1 Å². The molecule has 0 unspecified atom stereocenters. The van der Waals surface area contributed by atoms with Gasteiger partial charge in [0.1, 0.15) is 15.3 Å². The van der Waals surface area contributed by atoms with Gasteiger partial charge in [0.15, 0.2) is 0 Å². The third-order valence-corrected chi connectivity index (χ3v) is 4.96. The SMILES string of the molecule is Cc1cc(NS(=O)(=O)c2cc(C(=O)O)oc2C)cnc1Br. The van der Waals surface area contributed by atoms with Gasteiger partial charge in [0.25, 0.3) is 10.0 Å². The van der Waals surface area contributed by atoms with Gasteiger partial charge in [0.2, 0.25) is 5.76 Å². The van der Waals surface area contributed by atoms with E-state index >= 15 is 0 Å². The average molecular weight is 375 g/mol. The molecule has 21 heavy (non-hydrogen) atoms. The minimum atomic E-state index is -3.95. The van der Waals surface area contributed by atoms with Gasteiger partial charge < -0.3 is 9.52 Å². The largest absolute Gasteiger partial charge is 0.475 e. The second kappa shape index (κ2) is 5.49. The Kier molecular flexibility index (Phi) is 4.06. The number of sulfonamides is 1. The van der Waals surface area contributed by atoms with E-state index in [1.54, 1.807) is 13.0 Å². The van der Waals surface area contributed by atoms with Crippen molar-refractivity contribution in [3.05, 3.63) is 40.0 Å². The van der Waals surface area contributed by atoms with Crippen molar-refractivity contribution in [2.45, 2.75) is 18.7 Å². The Labute approximate surface area is 129 Å². The average Bonchev–Trinajstić information content (AvgIpc) is 2.77. The smallest absolute Gasteiger partial charge is 0.371 e. The fraction of sp³-hybridized carbons (Fsp3) is 0.167. The van der Waals surface area contributed by atoms with Gasteiger partial charge in [-0.25, -0.2) is 18.2 Å². The lowest BCUT2D eigenvalue weighted by molar-refractivity contribution is 0.0661. The Hall–Kier alpha value is -1.87. The summed E-state index contributed by atoms with van der Waals surface area (Å²) in [6.07, 6.45) is 1.35. The van der Waals surface area contributed by atoms with E-state index < -0.39 is 21.8 Å². The first-order valence-corrected chi connectivity index (χ1v) is 7.97. The second-order valence-electron chi connectivity index (χ2n) is 4.27. The number of hydrogen-bond acceptors (Lipinski definition) is 5. The van der Waals surface area contributed by atoms with Crippen molar-refractivity contribution in [3.8, 4) is 0 Å². The van der Waals surface area contributed by atoms with E-state index in [-0.39, 0.29) is 16.3 Å². The zero-order valence-corrected chi connectivity index (χ0v) is 13.4. The van der Waals surface area contributed by atoms with Crippen LogP contribution in [0.2, 0.25) is 0 Å². The molecule has 2 aromatic heterocycles. The first-order valence-electron chi connectivity index (χ1n) is 5.69. The molecule has 0 saturated heterocycles. The molecule has 0 bridgehead atoms. The number of aryl methyl sites for hydroxylation is 2. The molecule has 0 radical (unpaired) electrons. The lowest BCUT2D eigenvalue weighted by atomic mass is 10.3. The maximum atomic E-state index is 12.3. The van der Waals surface area contributed by atoms with Gasteiger partial charge >= 0.3 is 5.97 Å². The molecule has 0 aromatic carbocycles. The number of aromatic carboxylic acids is 1. The minimum Gasteiger partial charge on any atom is -0.475 e. The number of hydrogen-bond donors (Lipinski definition) is 2. The molecule has 7 nitrogen and oxygen atoms in total. The van der Waals surface area contributed by atoms with Crippen LogP contribution in [-0.4, -0.2) is 24.5 Å². The molecule has 112 valence electrons. The minimum absolute atomic E-state index is 0.00157. The van der Waals surface area contributed by atoms with Crippen molar-refractivity contribution in [2.75, 3.05) is 4.72 Å². The number of carbonyl (C=O) groups is 1. The van der Waals surface area contributed by atoms with Crippen molar-refractivity contribution in [3.63, 3.8) is 0 Å². The number of carboxylic acid groups (broad SMARTS) is 1. The van der Waals surface area contributed by atoms with E-state index in [2.05, 4.69) is 25.6 Å². The molecule has 0 atom stereocenters. The lowest BCUT2D eigenvalue weighted by Gasteiger charge is -2.07. The molecule has 0 aliphatic rings. The van der Waals surface area contributed by atoms with Crippen LogP contribution in [0.1, 0.15) is 21.9 Å².